The summed E-state index contributed by atoms with van der Waals surface area (Å²) in [5.41, 5.74) is 3.18. The molecular weight excluding hydrogens is 358 g/mol. The minimum atomic E-state index is -0.992. The van der Waals surface area contributed by atoms with E-state index in [-0.39, 0.29) is 18.6 Å². The van der Waals surface area contributed by atoms with Gasteiger partial charge in [0.15, 0.2) is 11.9 Å². The Bertz CT molecular complexity index is 875. The lowest BCUT2D eigenvalue weighted by atomic mass is 10.0. The second-order valence-electron chi connectivity index (χ2n) is 6.54. The molecule has 1 atom stereocenters. The quantitative estimate of drug-likeness (QED) is 0.553. The van der Waals surface area contributed by atoms with Gasteiger partial charge in [-0.1, -0.05) is 24.3 Å². The topological polar surface area (TPSA) is 81.7 Å². The van der Waals surface area contributed by atoms with Crippen LogP contribution in [0.3, 0.4) is 0 Å². The molecular formula is C22H25NO5. The normalized spacial score (nSPS) is 11.4. The number of carbonyl (C=O) groups is 3. The second-order valence-corrected chi connectivity index (χ2v) is 6.54. The average Bonchev–Trinajstić information content (AvgIpc) is 2.68. The van der Waals surface area contributed by atoms with Crippen LogP contribution >= 0.6 is 0 Å². The number of esters is 1. The van der Waals surface area contributed by atoms with Crippen molar-refractivity contribution in [3.63, 3.8) is 0 Å². The number of ketones is 1. The Morgan fingerprint density at radius 1 is 1.00 bits per heavy atom. The molecule has 2 aromatic carbocycles. The van der Waals surface area contributed by atoms with E-state index in [9.17, 15) is 14.4 Å². The van der Waals surface area contributed by atoms with Crippen LogP contribution in [0.5, 0.6) is 5.75 Å². The van der Waals surface area contributed by atoms with Gasteiger partial charge < -0.3 is 14.8 Å². The molecule has 0 aliphatic carbocycles. The molecule has 0 spiro atoms. The fourth-order valence-corrected chi connectivity index (χ4v) is 2.57. The Morgan fingerprint density at radius 2 is 1.71 bits per heavy atom. The standard InChI is InChI=1S/C22H25NO5/c1-14-9-10-17(13-15(14)2)19(24)11-12-21(25)28-16(3)22(26)23-18-7-5-6-8-20(18)27-4/h5-10,13,16H,11-12H2,1-4H3,(H,23,26)/t16-/m1/s1. The summed E-state index contributed by atoms with van der Waals surface area (Å²) in [7, 11) is 1.50. The molecule has 148 valence electrons. The first-order valence-corrected chi connectivity index (χ1v) is 9.05. The number of ether oxygens (including phenoxy) is 2. The summed E-state index contributed by atoms with van der Waals surface area (Å²) in [5, 5.41) is 2.66. The van der Waals surface area contributed by atoms with Crippen LogP contribution in [0.15, 0.2) is 42.5 Å². The monoisotopic (exact) mass is 383 g/mol. The third-order valence-corrected chi connectivity index (χ3v) is 4.43. The Morgan fingerprint density at radius 3 is 2.39 bits per heavy atom. The van der Waals surface area contributed by atoms with Crippen LogP contribution in [0.4, 0.5) is 5.69 Å². The molecule has 0 fully saturated rings. The number of nitrogens with one attached hydrogen (secondary N) is 1. The van der Waals surface area contributed by atoms with E-state index >= 15 is 0 Å². The predicted octanol–water partition coefficient (Wildman–Crippen LogP) is 3.85. The van der Waals surface area contributed by atoms with Gasteiger partial charge in [-0.25, -0.2) is 0 Å². The molecule has 0 bridgehead atoms. The fourth-order valence-electron chi connectivity index (χ4n) is 2.57. The Kier molecular flexibility index (Phi) is 7.32. The van der Waals surface area contributed by atoms with Crippen LogP contribution in [0.2, 0.25) is 0 Å². The lowest BCUT2D eigenvalue weighted by Gasteiger charge is -2.15. The zero-order valence-corrected chi connectivity index (χ0v) is 16.6. The van der Waals surface area contributed by atoms with E-state index in [1.54, 1.807) is 30.3 Å². The van der Waals surface area contributed by atoms with Gasteiger partial charge in [0.25, 0.3) is 5.91 Å². The molecule has 0 saturated carbocycles. The van der Waals surface area contributed by atoms with Gasteiger partial charge in [0.2, 0.25) is 0 Å². The highest BCUT2D eigenvalue weighted by molar-refractivity contribution is 5.98. The van der Waals surface area contributed by atoms with Gasteiger partial charge in [-0.2, -0.15) is 0 Å². The molecule has 0 aliphatic heterocycles. The summed E-state index contributed by atoms with van der Waals surface area (Å²) < 4.78 is 10.3. The molecule has 0 saturated heterocycles. The van der Waals surface area contributed by atoms with Crippen molar-refractivity contribution in [3.8, 4) is 5.75 Å². The van der Waals surface area contributed by atoms with Crippen LogP contribution in [-0.4, -0.2) is 30.9 Å². The SMILES string of the molecule is COc1ccccc1NC(=O)[C@@H](C)OC(=O)CCC(=O)c1ccc(C)c(C)c1. The number of benzene rings is 2. The number of hydrogen-bond donors (Lipinski definition) is 1. The van der Waals surface area contributed by atoms with E-state index in [0.29, 0.717) is 17.0 Å². The first-order chi connectivity index (χ1) is 13.3. The van der Waals surface area contributed by atoms with E-state index in [4.69, 9.17) is 9.47 Å². The van der Waals surface area contributed by atoms with Crippen molar-refractivity contribution < 1.29 is 23.9 Å². The second kappa shape index (κ2) is 9.69. The molecule has 2 rings (SSSR count). The highest BCUT2D eigenvalue weighted by Gasteiger charge is 2.20. The summed E-state index contributed by atoms with van der Waals surface area (Å²) >= 11 is 0. The van der Waals surface area contributed by atoms with Gasteiger partial charge in [0.1, 0.15) is 5.75 Å². The fraction of sp³-hybridized carbons (Fsp3) is 0.318. The number of rotatable bonds is 8. The summed E-state index contributed by atoms with van der Waals surface area (Å²) in [4.78, 5) is 36.5. The first-order valence-electron chi connectivity index (χ1n) is 9.05. The lowest BCUT2D eigenvalue weighted by Crippen LogP contribution is -2.30. The molecule has 1 N–H and O–H groups in total. The molecule has 6 nitrogen and oxygen atoms in total. The Labute approximate surface area is 164 Å². The van der Waals surface area contributed by atoms with E-state index in [0.717, 1.165) is 11.1 Å². The zero-order valence-electron chi connectivity index (χ0n) is 16.6. The number of Topliss-reactive ketones (excluding diaryl/α,β-unsaturated/α-hetero) is 1. The molecule has 0 radical (unpaired) electrons. The molecule has 0 aromatic heterocycles. The van der Waals surface area contributed by atoms with E-state index in [2.05, 4.69) is 5.32 Å². The number of para-hydroxylation sites is 2. The average molecular weight is 383 g/mol. The molecule has 6 heteroatoms. The van der Waals surface area contributed by atoms with Crippen LogP contribution in [0.1, 0.15) is 41.3 Å². The van der Waals surface area contributed by atoms with Crippen LogP contribution < -0.4 is 10.1 Å². The van der Waals surface area contributed by atoms with Gasteiger partial charge in [-0.15, -0.1) is 0 Å². The van der Waals surface area contributed by atoms with Crippen molar-refractivity contribution >= 4 is 23.3 Å². The van der Waals surface area contributed by atoms with Crippen molar-refractivity contribution in [3.05, 3.63) is 59.2 Å². The van der Waals surface area contributed by atoms with Gasteiger partial charge in [0, 0.05) is 12.0 Å². The lowest BCUT2D eigenvalue weighted by molar-refractivity contribution is -0.153. The van der Waals surface area contributed by atoms with Crippen LogP contribution in [0, 0.1) is 13.8 Å². The molecule has 2 aromatic rings. The van der Waals surface area contributed by atoms with Crippen LogP contribution in [-0.2, 0) is 14.3 Å². The van der Waals surface area contributed by atoms with Gasteiger partial charge in [0.05, 0.1) is 19.2 Å². The number of methoxy groups -OCH3 is 1. The molecule has 0 heterocycles. The van der Waals surface area contributed by atoms with Gasteiger partial charge >= 0.3 is 5.97 Å². The summed E-state index contributed by atoms with van der Waals surface area (Å²) in [6, 6.07) is 12.4. The van der Waals surface area contributed by atoms with Crippen LogP contribution in [0.25, 0.3) is 0 Å². The third kappa shape index (κ3) is 5.67. The van der Waals surface area contributed by atoms with Gasteiger partial charge in [-0.05, 0) is 50.1 Å². The minimum absolute atomic E-state index is 0.0299. The largest absolute Gasteiger partial charge is 0.495 e. The number of hydrogen-bond acceptors (Lipinski definition) is 5. The highest BCUT2D eigenvalue weighted by atomic mass is 16.5. The summed E-state index contributed by atoms with van der Waals surface area (Å²) in [6.45, 7) is 5.38. The maximum Gasteiger partial charge on any atom is 0.307 e. The van der Waals surface area contributed by atoms with Crippen molar-refractivity contribution in [2.75, 3.05) is 12.4 Å². The number of carbonyl (C=O) groups excluding carboxylic acids is 3. The predicted molar refractivity (Wildman–Crippen MR) is 107 cm³/mol. The van der Waals surface area contributed by atoms with Crippen molar-refractivity contribution in [2.24, 2.45) is 0 Å². The maximum atomic E-state index is 12.2. The Balaban J connectivity index is 1.85. The van der Waals surface area contributed by atoms with Crippen molar-refractivity contribution in [1.29, 1.82) is 0 Å². The molecule has 0 aliphatic rings. The Hall–Kier alpha value is -3.15. The van der Waals surface area contributed by atoms with E-state index < -0.39 is 18.0 Å². The van der Waals surface area contributed by atoms with Crippen molar-refractivity contribution in [1.82, 2.24) is 0 Å². The minimum Gasteiger partial charge on any atom is -0.495 e. The number of amides is 1. The van der Waals surface area contributed by atoms with E-state index in [1.165, 1.54) is 14.0 Å². The highest BCUT2D eigenvalue weighted by Crippen LogP contribution is 2.23. The smallest absolute Gasteiger partial charge is 0.307 e. The third-order valence-electron chi connectivity index (χ3n) is 4.43. The summed E-state index contributed by atoms with van der Waals surface area (Å²) in [6.07, 6.45) is -1.05. The summed E-state index contributed by atoms with van der Waals surface area (Å²) in [5.74, 6) is -0.697. The number of anilines is 1. The molecule has 0 unspecified atom stereocenters. The molecule has 1 amide bonds. The zero-order chi connectivity index (χ0) is 20.7. The first kappa shape index (κ1) is 21.2. The van der Waals surface area contributed by atoms with Gasteiger partial charge in [-0.3, -0.25) is 14.4 Å². The van der Waals surface area contributed by atoms with E-state index in [1.807, 2.05) is 26.0 Å². The number of aryl methyl sites for hydroxylation is 2. The molecule has 28 heavy (non-hydrogen) atoms. The maximum absolute atomic E-state index is 12.2. The van der Waals surface area contributed by atoms with Crippen molar-refractivity contribution in [2.45, 2.75) is 39.7 Å².